The van der Waals surface area contributed by atoms with E-state index >= 15 is 0 Å². The highest BCUT2D eigenvalue weighted by Crippen LogP contribution is 2.18. The van der Waals surface area contributed by atoms with E-state index in [0.29, 0.717) is 18.5 Å². The Kier molecular flexibility index (Phi) is 7.44. The van der Waals surface area contributed by atoms with Gasteiger partial charge in [-0.3, -0.25) is 4.79 Å². The molecule has 0 radical (unpaired) electrons. The zero-order valence-electron chi connectivity index (χ0n) is 17.5. The van der Waals surface area contributed by atoms with Crippen LogP contribution in [0.3, 0.4) is 0 Å². The molecule has 0 bridgehead atoms. The van der Waals surface area contributed by atoms with Crippen molar-refractivity contribution < 1.29 is 17.9 Å². The van der Waals surface area contributed by atoms with Crippen molar-refractivity contribution in [3.63, 3.8) is 0 Å². The molecule has 162 valence electrons. The first kappa shape index (κ1) is 22.5. The number of aryl methyl sites for hydroxylation is 1. The zero-order chi connectivity index (χ0) is 22.3. The lowest BCUT2D eigenvalue weighted by atomic mass is 10.1. The number of methoxy groups -OCH3 is 1. The summed E-state index contributed by atoms with van der Waals surface area (Å²) < 4.78 is 33.1. The van der Waals surface area contributed by atoms with Gasteiger partial charge in [-0.25, -0.2) is 13.1 Å². The molecule has 1 atom stereocenters. The smallest absolute Gasteiger partial charge is 0.241 e. The highest BCUT2D eigenvalue weighted by atomic mass is 32.2. The fourth-order valence-electron chi connectivity index (χ4n) is 3.10. The molecule has 0 aliphatic heterocycles. The molecule has 1 amide bonds. The molecule has 0 fully saturated rings. The fourth-order valence-corrected chi connectivity index (χ4v) is 4.33. The molecular weight excluding hydrogens is 412 g/mol. The van der Waals surface area contributed by atoms with Gasteiger partial charge in [0.2, 0.25) is 15.9 Å². The second-order valence-corrected chi connectivity index (χ2v) is 8.89. The van der Waals surface area contributed by atoms with Crippen LogP contribution in [0.5, 0.6) is 5.75 Å². The lowest BCUT2D eigenvalue weighted by molar-refractivity contribution is -0.116. The van der Waals surface area contributed by atoms with Crippen molar-refractivity contribution in [3.8, 4) is 5.75 Å². The highest BCUT2D eigenvalue weighted by molar-refractivity contribution is 7.89. The van der Waals surface area contributed by atoms with Crippen molar-refractivity contribution in [2.24, 2.45) is 0 Å². The predicted octanol–water partition coefficient (Wildman–Crippen LogP) is 4.31. The number of carbonyl (C=O) groups excluding carboxylic acids is 1. The van der Waals surface area contributed by atoms with Crippen LogP contribution in [0.2, 0.25) is 0 Å². The maximum absolute atomic E-state index is 12.7. The van der Waals surface area contributed by atoms with Crippen molar-refractivity contribution >= 4 is 21.6 Å². The van der Waals surface area contributed by atoms with E-state index in [1.807, 2.05) is 37.3 Å². The number of benzene rings is 3. The predicted molar refractivity (Wildman–Crippen MR) is 122 cm³/mol. The van der Waals surface area contributed by atoms with E-state index in [2.05, 4.69) is 10.0 Å². The van der Waals surface area contributed by atoms with E-state index in [4.69, 9.17) is 4.74 Å². The van der Waals surface area contributed by atoms with E-state index in [-0.39, 0.29) is 16.8 Å². The largest absolute Gasteiger partial charge is 0.497 e. The monoisotopic (exact) mass is 438 g/mol. The maximum atomic E-state index is 12.7. The van der Waals surface area contributed by atoms with Crippen LogP contribution in [0.15, 0.2) is 83.8 Å². The lowest BCUT2D eigenvalue weighted by Gasteiger charge is -2.15. The van der Waals surface area contributed by atoms with Gasteiger partial charge in [-0.1, -0.05) is 42.5 Å². The Balaban J connectivity index is 1.54. The van der Waals surface area contributed by atoms with Crippen molar-refractivity contribution in [1.82, 2.24) is 4.72 Å². The first-order valence-electron chi connectivity index (χ1n) is 9.97. The average Bonchev–Trinajstić information content (AvgIpc) is 2.79. The second-order valence-electron chi connectivity index (χ2n) is 7.17. The second kappa shape index (κ2) is 10.2. The lowest BCUT2D eigenvalue weighted by Crippen LogP contribution is -2.26. The minimum absolute atomic E-state index is 0.111. The number of ether oxygens (including phenoxy) is 1. The molecule has 6 nitrogen and oxygen atoms in total. The van der Waals surface area contributed by atoms with Gasteiger partial charge in [0.05, 0.1) is 12.0 Å². The standard InChI is InChI=1S/C24H26N2O4S/c1-18(20-6-4-3-5-7-20)26-31(28,29)23-15-8-19(9-16-23)10-17-24(27)25-21-11-13-22(30-2)14-12-21/h3-9,11-16,18,26H,10,17H2,1-2H3,(H,25,27)/t18-/m1/s1. The zero-order valence-corrected chi connectivity index (χ0v) is 18.4. The molecule has 31 heavy (non-hydrogen) atoms. The van der Waals surface area contributed by atoms with Crippen LogP contribution in [-0.2, 0) is 21.2 Å². The summed E-state index contributed by atoms with van der Waals surface area (Å²) in [5, 5.41) is 2.84. The van der Waals surface area contributed by atoms with Gasteiger partial charge in [-0.15, -0.1) is 0 Å². The molecule has 0 aliphatic carbocycles. The van der Waals surface area contributed by atoms with Crippen LogP contribution in [0.25, 0.3) is 0 Å². The van der Waals surface area contributed by atoms with Crippen molar-refractivity contribution in [2.75, 3.05) is 12.4 Å². The Morgan fingerprint density at radius 3 is 2.19 bits per heavy atom. The molecule has 3 rings (SSSR count). The normalized spacial score (nSPS) is 12.2. The summed E-state index contributed by atoms with van der Waals surface area (Å²) in [5.41, 5.74) is 2.48. The molecule has 0 heterocycles. The van der Waals surface area contributed by atoms with Gasteiger partial charge in [-0.2, -0.15) is 0 Å². The van der Waals surface area contributed by atoms with Crippen molar-refractivity contribution in [3.05, 3.63) is 90.0 Å². The van der Waals surface area contributed by atoms with E-state index < -0.39 is 10.0 Å². The first-order chi connectivity index (χ1) is 14.9. The van der Waals surface area contributed by atoms with Gasteiger partial charge in [0.25, 0.3) is 0 Å². The SMILES string of the molecule is COc1ccc(NC(=O)CCc2ccc(S(=O)(=O)N[C@H](C)c3ccccc3)cc2)cc1. The molecule has 3 aromatic rings. The quantitative estimate of drug-likeness (QED) is 0.522. The summed E-state index contributed by atoms with van der Waals surface area (Å²) in [6.07, 6.45) is 0.803. The number of amides is 1. The molecule has 7 heteroatoms. The van der Waals surface area contributed by atoms with Gasteiger partial charge in [0, 0.05) is 18.2 Å². The number of carbonyl (C=O) groups is 1. The van der Waals surface area contributed by atoms with Gasteiger partial charge >= 0.3 is 0 Å². The third-order valence-electron chi connectivity index (χ3n) is 4.88. The fraction of sp³-hybridized carbons (Fsp3) is 0.208. The van der Waals surface area contributed by atoms with Crippen LogP contribution in [-0.4, -0.2) is 21.4 Å². The highest BCUT2D eigenvalue weighted by Gasteiger charge is 2.18. The Morgan fingerprint density at radius 2 is 1.58 bits per heavy atom. The van der Waals surface area contributed by atoms with Crippen molar-refractivity contribution in [1.29, 1.82) is 0 Å². The van der Waals surface area contributed by atoms with E-state index in [0.717, 1.165) is 16.9 Å². The molecule has 3 aromatic carbocycles. The number of nitrogens with one attached hydrogen (secondary N) is 2. The van der Waals surface area contributed by atoms with Gasteiger partial charge in [0.1, 0.15) is 5.75 Å². The van der Waals surface area contributed by atoms with Crippen LogP contribution < -0.4 is 14.8 Å². The summed E-state index contributed by atoms with van der Waals surface area (Å²) >= 11 is 0. The van der Waals surface area contributed by atoms with Crippen LogP contribution in [0.1, 0.15) is 30.5 Å². The van der Waals surface area contributed by atoms with Gasteiger partial charge in [0.15, 0.2) is 0 Å². The average molecular weight is 439 g/mol. The maximum Gasteiger partial charge on any atom is 0.241 e. The van der Waals surface area contributed by atoms with Crippen LogP contribution in [0.4, 0.5) is 5.69 Å². The molecule has 0 saturated heterocycles. The number of anilines is 1. The molecule has 2 N–H and O–H groups in total. The summed E-state index contributed by atoms with van der Waals surface area (Å²) in [4.78, 5) is 12.4. The Bertz CT molecular complexity index is 1100. The number of hydrogen-bond donors (Lipinski definition) is 2. The summed E-state index contributed by atoms with van der Waals surface area (Å²) in [6.45, 7) is 1.81. The van der Waals surface area contributed by atoms with Crippen LogP contribution in [0, 0.1) is 0 Å². The number of hydrogen-bond acceptors (Lipinski definition) is 4. The van der Waals surface area contributed by atoms with E-state index in [9.17, 15) is 13.2 Å². The van der Waals surface area contributed by atoms with E-state index in [1.165, 1.54) is 0 Å². The van der Waals surface area contributed by atoms with E-state index in [1.54, 1.807) is 55.6 Å². The third kappa shape index (κ3) is 6.41. The minimum Gasteiger partial charge on any atom is -0.497 e. The molecule has 0 spiro atoms. The summed E-state index contributed by atoms with van der Waals surface area (Å²) in [6, 6.07) is 22.8. The number of sulfonamides is 1. The molecular formula is C24H26N2O4S. The Morgan fingerprint density at radius 1 is 0.935 bits per heavy atom. The van der Waals surface area contributed by atoms with Crippen LogP contribution >= 0.6 is 0 Å². The molecule has 0 saturated carbocycles. The Labute approximate surface area is 183 Å². The molecule has 0 aliphatic rings. The topological polar surface area (TPSA) is 84.5 Å². The van der Waals surface area contributed by atoms with Gasteiger partial charge < -0.3 is 10.1 Å². The summed E-state index contributed by atoms with van der Waals surface area (Å²) in [5.74, 6) is 0.612. The van der Waals surface area contributed by atoms with Crippen molar-refractivity contribution in [2.45, 2.75) is 30.7 Å². The summed E-state index contributed by atoms with van der Waals surface area (Å²) in [7, 11) is -2.05. The third-order valence-corrected chi connectivity index (χ3v) is 6.44. The van der Waals surface area contributed by atoms with Gasteiger partial charge in [-0.05, 0) is 60.9 Å². The number of rotatable bonds is 9. The minimum atomic E-state index is -3.64. The molecule has 0 aromatic heterocycles. The first-order valence-corrected chi connectivity index (χ1v) is 11.5. The Hall–Kier alpha value is -3.16. The molecule has 0 unspecified atom stereocenters.